The van der Waals surface area contributed by atoms with Crippen molar-refractivity contribution < 1.29 is 32.8 Å². The van der Waals surface area contributed by atoms with E-state index in [-0.39, 0.29) is 0 Å². The highest BCUT2D eigenvalue weighted by molar-refractivity contribution is 7.80. The van der Waals surface area contributed by atoms with Crippen molar-refractivity contribution in [2.24, 2.45) is 0 Å². The van der Waals surface area contributed by atoms with Crippen molar-refractivity contribution in [2.75, 3.05) is 90.0 Å². The minimum atomic E-state index is 0.292. The van der Waals surface area contributed by atoms with E-state index in [1.807, 2.05) is 48.5 Å². The number of thiocarbonyl (C=S) groups is 2. The van der Waals surface area contributed by atoms with Crippen LogP contribution in [0.25, 0.3) is 44.0 Å². The van der Waals surface area contributed by atoms with Crippen LogP contribution < -0.4 is 38.2 Å². The molecule has 0 saturated carbocycles. The molecule has 4 aromatic heterocycles. The lowest BCUT2D eigenvalue weighted by atomic mass is 10.1. The van der Waals surface area contributed by atoms with Crippen molar-refractivity contribution in [1.82, 2.24) is 34.7 Å². The lowest BCUT2D eigenvalue weighted by Crippen LogP contribution is -2.48. The molecule has 2 fully saturated rings. The molecule has 8 heterocycles. The lowest BCUT2D eigenvalue weighted by molar-refractivity contribution is 0.173. The van der Waals surface area contributed by atoms with Crippen LogP contribution in [0.5, 0.6) is 34.5 Å². The standard InChI is InChI=1S/C26H27N5O4S.C24H22N4O3S/c1-32-20-12-17-18(13-21(20)33-2)29-25-24(17)26(28-14-27-25)31-9-7-30(8-10-31)23(36)6-4-16-3-5-19-22(11-16)35-15-34-19;32-21(8-6-16-5-7-19-20(13-16)30-15-29-19)27-9-11-28(12-10-27)24-23-22(25-14-26-24)17-3-1-2-4-18(17)31-23/h3,5,11-14H,4,6-10,15H2,1-2H3,(H,27,28,29);1-5,7,13-14H,6,8-12,15H2. The van der Waals surface area contributed by atoms with E-state index in [9.17, 15) is 0 Å². The number of fused-ring (bicyclic) bond motifs is 8. The van der Waals surface area contributed by atoms with E-state index in [0.717, 1.165) is 167 Å². The molecule has 8 aromatic rings. The number of nitrogens with one attached hydrogen (secondary N) is 1. The summed E-state index contributed by atoms with van der Waals surface area (Å²) in [7, 11) is 3.28. The maximum Gasteiger partial charge on any atom is 0.231 e. The van der Waals surface area contributed by atoms with Gasteiger partial charge in [0.05, 0.1) is 35.1 Å². The second kappa shape index (κ2) is 18.8. The molecule has 4 aliphatic rings. The number of hydrogen-bond acceptors (Lipinski definition) is 15. The molecule has 0 atom stereocenters. The van der Waals surface area contributed by atoms with Gasteiger partial charge in [0, 0.05) is 82.0 Å². The molecule has 0 unspecified atom stereocenters. The van der Waals surface area contributed by atoms with Gasteiger partial charge in [0.2, 0.25) is 13.6 Å². The number of aromatic amines is 1. The molecule has 12 rings (SSSR count). The van der Waals surface area contributed by atoms with Gasteiger partial charge in [-0.3, -0.25) is 0 Å². The van der Waals surface area contributed by atoms with E-state index < -0.39 is 0 Å². The Morgan fingerprint density at radius 2 is 1.16 bits per heavy atom. The van der Waals surface area contributed by atoms with Crippen LogP contribution in [0, 0.1) is 0 Å². The third-order valence-corrected chi connectivity index (χ3v) is 13.9. The van der Waals surface area contributed by atoms with E-state index in [1.165, 1.54) is 11.1 Å². The zero-order valence-corrected chi connectivity index (χ0v) is 39.4. The van der Waals surface area contributed by atoms with Crippen molar-refractivity contribution >= 4 is 90.1 Å². The molecule has 4 aromatic carbocycles. The largest absolute Gasteiger partial charge is 0.493 e. The van der Waals surface area contributed by atoms with Gasteiger partial charge in [0.1, 0.15) is 35.2 Å². The Kier molecular flexibility index (Phi) is 12.0. The Labute approximate surface area is 402 Å². The third kappa shape index (κ3) is 8.53. The van der Waals surface area contributed by atoms with Crippen molar-refractivity contribution in [3.05, 3.63) is 96.6 Å². The molecule has 0 aliphatic carbocycles. The van der Waals surface area contributed by atoms with E-state index in [1.54, 1.807) is 26.9 Å². The number of rotatable bonds is 10. The summed E-state index contributed by atoms with van der Waals surface area (Å²) in [5.74, 6) is 6.40. The van der Waals surface area contributed by atoms with Crippen LogP contribution in [0.4, 0.5) is 11.6 Å². The number of aromatic nitrogens is 5. The van der Waals surface area contributed by atoms with Gasteiger partial charge in [-0.05, 0) is 66.4 Å². The molecule has 4 aliphatic heterocycles. The van der Waals surface area contributed by atoms with E-state index in [2.05, 4.69) is 68.8 Å². The van der Waals surface area contributed by atoms with Crippen LogP contribution in [0.1, 0.15) is 24.0 Å². The Morgan fingerprint density at radius 3 is 1.79 bits per heavy atom. The molecule has 68 heavy (non-hydrogen) atoms. The van der Waals surface area contributed by atoms with Crippen molar-refractivity contribution in [1.29, 1.82) is 0 Å². The molecule has 0 amide bonds. The highest BCUT2D eigenvalue weighted by Crippen LogP contribution is 2.39. The first-order chi connectivity index (χ1) is 33.4. The molecular formula is C50H49N9O7S2. The summed E-state index contributed by atoms with van der Waals surface area (Å²) in [6, 6.07) is 24.1. The molecule has 0 bridgehead atoms. The van der Waals surface area contributed by atoms with Gasteiger partial charge in [0.25, 0.3) is 0 Å². The molecule has 348 valence electrons. The predicted molar refractivity (Wildman–Crippen MR) is 268 cm³/mol. The minimum Gasteiger partial charge on any atom is -0.493 e. The minimum absolute atomic E-state index is 0.292. The van der Waals surface area contributed by atoms with Crippen LogP contribution >= 0.6 is 24.4 Å². The topological polar surface area (TPSA) is 149 Å². The van der Waals surface area contributed by atoms with Gasteiger partial charge < -0.3 is 57.4 Å². The van der Waals surface area contributed by atoms with Gasteiger partial charge in [-0.15, -0.1) is 0 Å². The zero-order chi connectivity index (χ0) is 46.1. The van der Waals surface area contributed by atoms with Gasteiger partial charge >= 0.3 is 0 Å². The highest BCUT2D eigenvalue weighted by Gasteiger charge is 2.26. The monoisotopic (exact) mass is 951 g/mol. The number of nitrogens with zero attached hydrogens (tertiary/aromatic N) is 8. The smallest absolute Gasteiger partial charge is 0.231 e. The number of hydrogen-bond donors (Lipinski definition) is 1. The normalized spacial score (nSPS) is 15.3. The fourth-order valence-electron chi connectivity index (χ4n) is 9.36. The third-order valence-electron chi connectivity index (χ3n) is 13.0. The summed E-state index contributed by atoms with van der Waals surface area (Å²) in [5.41, 5.74) is 6.62. The second-order valence-electron chi connectivity index (χ2n) is 16.9. The van der Waals surface area contributed by atoms with E-state index in [0.29, 0.717) is 25.1 Å². The van der Waals surface area contributed by atoms with Crippen LogP contribution in [0.15, 0.2) is 89.9 Å². The summed E-state index contributed by atoms with van der Waals surface area (Å²) < 4.78 is 38.9. The number of benzene rings is 4. The predicted octanol–water partition coefficient (Wildman–Crippen LogP) is 8.13. The summed E-state index contributed by atoms with van der Waals surface area (Å²) >= 11 is 11.6. The van der Waals surface area contributed by atoms with Gasteiger partial charge in [0.15, 0.2) is 45.9 Å². The van der Waals surface area contributed by atoms with Crippen LogP contribution in [0.3, 0.4) is 0 Å². The first-order valence-corrected chi connectivity index (χ1v) is 23.6. The summed E-state index contributed by atoms with van der Waals surface area (Å²) in [6.45, 7) is 7.37. The molecular weight excluding hydrogens is 903 g/mol. The summed E-state index contributed by atoms with van der Waals surface area (Å²) in [5, 5.41) is 3.03. The summed E-state index contributed by atoms with van der Waals surface area (Å²) in [6.07, 6.45) is 6.68. The Bertz CT molecular complexity index is 3180. The number of para-hydroxylation sites is 1. The van der Waals surface area contributed by atoms with Crippen molar-refractivity contribution in [3.8, 4) is 34.5 Å². The fraction of sp³-hybridized carbons (Fsp3) is 0.320. The number of piperazine rings is 2. The average molecular weight is 952 g/mol. The quantitative estimate of drug-likeness (QED) is 0.131. The average Bonchev–Trinajstić information content (AvgIpc) is 4.22. The van der Waals surface area contributed by atoms with Crippen LogP contribution in [0.2, 0.25) is 0 Å². The Balaban J connectivity index is 0.000000150. The number of ether oxygens (including phenoxy) is 6. The van der Waals surface area contributed by atoms with Crippen molar-refractivity contribution in [3.63, 3.8) is 0 Å². The number of aryl methyl sites for hydroxylation is 2. The zero-order valence-electron chi connectivity index (χ0n) is 37.7. The SMILES string of the molecule is COc1cc2[nH]c3ncnc(N4CCN(C(=S)CCc5ccc6c(c5)OCO6)CC4)c3c2cc1OC.S=C(CCc1ccc2c(c1)OCO2)N1CCN(c2ncnc3c2oc2ccccc23)CC1. The first kappa shape index (κ1) is 43.4. The van der Waals surface area contributed by atoms with Crippen molar-refractivity contribution in [2.45, 2.75) is 25.7 Å². The number of anilines is 2. The first-order valence-electron chi connectivity index (χ1n) is 22.7. The van der Waals surface area contributed by atoms with Crippen LogP contribution in [-0.2, 0) is 12.8 Å². The van der Waals surface area contributed by atoms with Gasteiger partial charge in [-0.2, -0.15) is 0 Å². The molecule has 2 saturated heterocycles. The number of furan rings is 1. The molecule has 18 heteroatoms. The van der Waals surface area contributed by atoms with E-state index in [4.69, 9.17) is 57.3 Å². The number of methoxy groups -OCH3 is 2. The molecule has 16 nitrogen and oxygen atoms in total. The Morgan fingerprint density at radius 1 is 0.603 bits per heavy atom. The molecule has 1 N–H and O–H groups in total. The van der Waals surface area contributed by atoms with Gasteiger partial charge in [-0.25, -0.2) is 19.9 Å². The lowest BCUT2D eigenvalue weighted by Gasteiger charge is -2.37. The molecule has 0 radical (unpaired) electrons. The fourth-order valence-corrected chi connectivity index (χ4v) is 9.93. The second-order valence-corrected chi connectivity index (χ2v) is 17.8. The van der Waals surface area contributed by atoms with E-state index >= 15 is 0 Å². The Hall–Kier alpha value is -7.18. The maximum absolute atomic E-state index is 6.11. The summed E-state index contributed by atoms with van der Waals surface area (Å²) in [4.78, 5) is 32.7. The number of H-pyrrole nitrogens is 1. The maximum atomic E-state index is 6.11. The molecule has 0 spiro atoms. The van der Waals surface area contributed by atoms with Crippen LogP contribution in [-0.4, -0.2) is 125 Å². The highest BCUT2D eigenvalue weighted by atomic mass is 32.1. The van der Waals surface area contributed by atoms with Gasteiger partial charge in [-0.1, -0.05) is 48.7 Å².